The number of nitrogen functional groups attached to an aromatic ring is 1. The Morgan fingerprint density at radius 2 is 1.96 bits per heavy atom. The van der Waals surface area contributed by atoms with Gasteiger partial charge in [0.15, 0.2) is 5.75 Å². The number of carbonyl (C=O) groups is 1. The molecule has 2 rings (SSSR count). The van der Waals surface area contributed by atoms with Gasteiger partial charge in [0.05, 0.1) is 5.02 Å². The first-order valence-corrected chi connectivity index (χ1v) is 6.76. The zero-order valence-electron chi connectivity index (χ0n) is 11.9. The molecule has 4 nitrogen and oxygen atoms in total. The molecule has 0 heterocycles. The van der Waals surface area contributed by atoms with E-state index in [0.717, 1.165) is 6.07 Å². The van der Waals surface area contributed by atoms with E-state index in [4.69, 9.17) is 17.3 Å². The van der Waals surface area contributed by atoms with Crippen molar-refractivity contribution >= 4 is 28.9 Å². The molecule has 0 saturated heterocycles. The van der Waals surface area contributed by atoms with Crippen molar-refractivity contribution in [3.05, 3.63) is 52.5 Å². The third-order valence-electron chi connectivity index (χ3n) is 2.81. The molecule has 0 saturated carbocycles. The summed E-state index contributed by atoms with van der Waals surface area (Å²) in [5.41, 5.74) is 6.29. The number of hydrogen-bond donors (Lipinski definition) is 2. The summed E-state index contributed by atoms with van der Waals surface area (Å²) in [4.78, 5) is 12.2. The molecule has 0 aliphatic heterocycles. The van der Waals surface area contributed by atoms with Crippen molar-refractivity contribution < 1.29 is 22.7 Å². The molecule has 0 radical (unpaired) electrons. The van der Waals surface area contributed by atoms with Crippen LogP contribution in [0.15, 0.2) is 36.4 Å². The Labute approximate surface area is 135 Å². The van der Waals surface area contributed by atoms with Gasteiger partial charge in [0.2, 0.25) is 0 Å². The predicted molar refractivity (Wildman–Crippen MR) is 81.7 cm³/mol. The molecule has 3 N–H and O–H groups in total. The summed E-state index contributed by atoms with van der Waals surface area (Å²) in [6.45, 7) is 1.55. The Morgan fingerprint density at radius 3 is 2.57 bits per heavy atom. The number of nitrogens with two attached hydrogens (primary N) is 1. The summed E-state index contributed by atoms with van der Waals surface area (Å²) in [6.07, 6.45) is -4.91. The maximum atomic E-state index is 12.5. The first kappa shape index (κ1) is 17.0. The smallest absolute Gasteiger partial charge is 0.403 e. The van der Waals surface area contributed by atoms with Gasteiger partial charge < -0.3 is 15.8 Å². The van der Waals surface area contributed by atoms with Gasteiger partial charge >= 0.3 is 6.36 Å². The zero-order chi connectivity index (χ0) is 17.2. The molecule has 0 spiro atoms. The highest BCUT2D eigenvalue weighted by molar-refractivity contribution is 6.34. The van der Waals surface area contributed by atoms with Crippen LogP contribution in [0.4, 0.5) is 24.5 Å². The lowest BCUT2D eigenvalue weighted by molar-refractivity contribution is -0.274. The quantitative estimate of drug-likeness (QED) is 0.812. The summed E-state index contributed by atoms with van der Waals surface area (Å²) in [5, 5.41) is 2.25. The molecule has 0 atom stereocenters. The van der Waals surface area contributed by atoms with Gasteiger partial charge in [-0.2, -0.15) is 0 Å². The standard InChI is InChI=1S/C15H12ClF3N2O2/c1-8-5-11(16)13(12(6-8)23-15(17,18)19)21-14(22)9-3-2-4-10(20)7-9/h2-7H,20H2,1H3,(H,21,22). The molecule has 0 bridgehead atoms. The van der Waals surface area contributed by atoms with Crippen LogP contribution in [0.1, 0.15) is 15.9 Å². The maximum absolute atomic E-state index is 12.5. The summed E-state index contributed by atoms with van der Waals surface area (Å²) >= 11 is 5.94. The highest BCUT2D eigenvalue weighted by Gasteiger charge is 2.33. The lowest BCUT2D eigenvalue weighted by Gasteiger charge is -2.16. The van der Waals surface area contributed by atoms with E-state index in [0.29, 0.717) is 11.3 Å². The van der Waals surface area contributed by atoms with Crippen LogP contribution in [0.2, 0.25) is 5.02 Å². The van der Waals surface area contributed by atoms with Crippen LogP contribution in [0.5, 0.6) is 5.75 Å². The Bertz CT molecular complexity index is 748. The summed E-state index contributed by atoms with van der Waals surface area (Å²) < 4.78 is 41.4. The minimum atomic E-state index is -4.91. The lowest BCUT2D eigenvalue weighted by atomic mass is 10.1. The molecule has 0 aliphatic rings. The van der Waals surface area contributed by atoms with Crippen molar-refractivity contribution in [2.45, 2.75) is 13.3 Å². The SMILES string of the molecule is Cc1cc(Cl)c(NC(=O)c2cccc(N)c2)c(OC(F)(F)F)c1. The van der Waals surface area contributed by atoms with Crippen molar-refractivity contribution in [2.24, 2.45) is 0 Å². The minimum Gasteiger partial charge on any atom is -0.403 e. The van der Waals surface area contributed by atoms with Gasteiger partial charge in [0.1, 0.15) is 5.69 Å². The summed E-state index contributed by atoms with van der Waals surface area (Å²) in [5.74, 6) is -1.24. The first-order valence-electron chi connectivity index (χ1n) is 6.38. The number of carbonyl (C=O) groups excluding carboxylic acids is 1. The number of hydrogen-bond acceptors (Lipinski definition) is 3. The fraction of sp³-hybridized carbons (Fsp3) is 0.133. The number of nitrogens with one attached hydrogen (secondary N) is 1. The van der Waals surface area contributed by atoms with Crippen molar-refractivity contribution in [1.29, 1.82) is 0 Å². The van der Waals surface area contributed by atoms with Crippen LogP contribution in [0.25, 0.3) is 0 Å². The number of ether oxygens (including phenoxy) is 1. The fourth-order valence-corrected chi connectivity index (χ4v) is 2.21. The molecule has 8 heteroatoms. The van der Waals surface area contributed by atoms with Crippen molar-refractivity contribution in [3.8, 4) is 5.75 Å². The number of anilines is 2. The van der Waals surface area contributed by atoms with E-state index in [1.807, 2.05) is 0 Å². The van der Waals surface area contributed by atoms with Gasteiger partial charge in [-0.3, -0.25) is 4.79 Å². The third kappa shape index (κ3) is 4.53. The number of amides is 1. The van der Waals surface area contributed by atoms with Crippen LogP contribution in [-0.4, -0.2) is 12.3 Å². The average molecular weight is 345 g/mol. The maximum Gasteiger partial charge on any atom is 0.573 e. The zero-order valence-corrected chi connectivity index (χ0v) is 12.6. The van der Waals surface area contributed by atoms with E-state index < -0.39 is 18.0 Å². The normalized spacial score (nSPS) is 11.2. The van der Waals surface area contributed by atoms with Crippen molar-refractivity contribution in [3.63, 3.8) is 0 Å². The topological polar surface area (TPSA) is 64.4 Å². The van der Waals surface area contributed by atoms with E-state index in [2.05, 4.69) is 10.1 Å². The Hall–Kier alpha value is -2.41. The lowest BCUT2D eigenvalue weighted by Crippen LogP contribution is -2.20. The summed E-state index contributed by atoms with van der Waals surface area (Å²) in [7, 11) is 0. The summed E-state index contributed by atoms with van der Waals surface area (Å²) in [6, 6.07) is 8.54. The number of alkyl halides is 3. The molecule has 0 aliphatic carbocycles. The highest BCUT2D eigenvalue weighted by atomic mass is 35.5. The molecule has 0 fully saturated rings. The minimum absolute atomic E-state index is 0.0681. The van der Waals surface area contributed by atoms with E-state index in [1.54, 1.807) is 19.1 Å². The average Bonchev–Trinajstić information content (AvgIpc) is 2.40. The largest absolute Gasteiger partial charge is 0.573 e. The number of halogens is 4. The molecule has 0 unspecified atom stereocenters. The van der Waals surface area contributed by atoms with Crippen LogP contribution in [-0.2, 0) is 0 Å². The Kier molecular flexibility index (Phi) is 4.70. The van der Waals surface area contributed by atoms with E-state index in [9.17, 15) is 18.0 Å². The molecular weight excluding hydrogens is 333 g/mol. The van der Waals surface area contributed by atoms with Crippen molar-refractivity contribution in [2.75, 3.05) is 11.1 Å². The first-order chi connectivity index (χ1) is 10.7. The van der Waals surface area contributed by atoms with Gasteiger partial charge in [-0.15, -0.1) is 13.2 Å². The molecular formula is C15H12ClF3N2O2. The highest BCUT2D eigenvalue weighted by Crippen LogP contribution is 2.37. The van der Waals surface area contributed by atoms with Gasteiger partial charge in [-0.25, -0.2) is 0 Å². The molecule has 2 aromatic rings. The number of rotatable bonds is 3. The molecule has 122 valence electrons. The molecule has 1 amide bonds. The van der Waals surface area contributed by atoms with Crippen molar-refractivity contribution in [1.82, 2.24) is 0 Å². The molecule has 2 aromatic carbocycles. The Balaban J connectivity index is 2.37. The second-order valence-corrected chi connectivity index (χ2v) is 5.15. The number of benzene rings is 2. The second kappa shape index (κ2) is 6.37. The monoisotopic (exact) mass is 344 g/mol. The molecule has 23 heavy (non-hydrogen) atoms. The van der Waals surface area contributed by atoms with Crippen LogP contribution in [0.3, 0.4) is 0 Å². The van der Waals surface area contributed by atoms with E-state index in [-0.39, 0.29) is 16.3 Å². The van der Waals surface area contributed by atoms with Crippen LogP contribution < -0.4 is 15.8 Å². The van der Waals surface area contributed by atoms with Gasteiger partial charge in [0, 0.05) is 11.3 Å². The molecule has 0 aromatic heterocycles. The van der Waals surface area contributed by atoms with Gasteiger partial charge in [0.25, 0.3) is 5.91 Å². The van der Waals surface area contributed by atoms with E-state index >= 15 is 0 Å². The number of aryl methyl sites for hydroxylation is 1. The van der Waals surface area contributed by atoms with Crippen LogP contribution >= 0.6 is 11.6 Å². The third-order valence-corrected chi connectivity index (χ3v) is 3.11. The Morgan fingerprint density at radius 1 is 1.26 bits per heavy atom. The predicted octanol–water partition coefficient (Wildman–Crippen LogP) is 4.38. The van der Waals surface area contributed by atoms with Gasteiger partial charge in [-0.1, -0.05) is 17.7 Å². The van der Waals surface area contributed by atoms with E-state index in [1.165, 1.54) is 18.2 Å². The second-order valence-electron chi connectivity index (χ2n) is 4.75. The van der Waals surface area contributed by atoms with Gasteiger partial charge in [-0.05, 0) is 42.8 Å². The van der Waals surface area contributed by atoms with Crippen LogP contribution in [0, 0.1) is 6.92 Å². The fourth-order valence-electron chi connectivity index (χ4n) is 1.90.